The number of carbonyl (C=O) groups is 3. The van der Waals surface area contributed by atoms with Gasteiger partial charge in [0.25, 0.3) is 5.56 Å². The van der Waals surface area contributed by atoms with Gasteiger partial charge in [0.15, 0.2) is 22.9 Å². The van der Waals surface area contributed by atoms with Gasteiger partial charge in [-0.15, -0.1) is 0 Å². The lowest BCUT2D eigenvalue weighted by Gasteiger charge is -2.25. The molecule has 0 bridgehead atoms. The molecule has 0 saturated heterocycles. The van der Waals surface area contributed by atoms with Gasteiger partial charge < -0.3 is 28.5 Å². The van der Waals surface area contributed by atoms with E-state index in [1.807, 2.05) is 0 Å². The van der Waals surface area contributed by atoms with E-state index >= 15 is 0 Å². The van der Waals surface area contributed by atoms with E-state index in [-0.39, 0.29) is 41.2 Å². The van der Waals surface area contributed by atoms with Crippen LogP contribution in [0.25, 0.3) is 17.4 Å². The second-order valence-corrected chi connectivity index (χ2v) is 11.4. The molecule has 47 heavy (non-hydrogen) atoms. The lowest BCUT2D eigenvalue weighted by molar-refractivity contribution is -0.143. The van der Waals surface area contributed by atoms with E-state index in [0.29, 0.717) is 43.9 Å². The van der Waals surface area contributed by atoms with E-state index in [4.69, 9.17) is 30.2 Å². The van der Waals surface area contributed by atoms with Crippen LogP contribution in [0.4, 0.5) is 0 Å². The van der Waals surface area contributed by atoms with Gasteiger partial charge >= 0.3 is 17.9 Å². The third-order valence-electron chi connectivity index (χ3n) is 7.05. The zero-order valence-electron chi connectivity index (χ0n) is 25.7. The van der Waals surface area contributed by atoms with E-state index in [2.05, 4.69) is 9.73 Å². The average Bonchev–Trinajstić information content (AvgIpc) is 3.63. The molecule has 1 aliphatic heterocycles. The number of furan rings is 1. The number of hydrogen-bond acceptors (Lipinski definition) is 11. The van der Waals surface area contributed by atoms with Crippen LogP contribution in [0.2, 0.25) is 5.02 Å². The van der Waals surface area contributed by atoms with E-state index in [9.17, 15) is 24.3 Å². The van der Waals surface area contributed by atoms with Gasteiger partial charge in [-0.25, -0.2) is 19.4 Å². The SMILES string of the molecule is CCOC(=O)C1=C(C)N=c2s/c(=C\c3ccc(-c4cc(C(=O)O)ccc4Cl)o3)c(=O)n2[C@@H]1c1ccc(OCC(=O)OC)c(OCC)c1. The number of carbonyl (C=O) groups excluding carboxylic acids is 2. The number of benzene rings is 2. The van der Waals surface area contributed by atoms with Crippen LogP contribution in [0.15, 0.2) is 74.0 Å². The van der Waals surface area contributed by atoms with Gasteiger partial charge in [0.1, 0.15) is 11.5 Å². The average molecular weight is 681 g/mol. The van der Waals surface area contributed by atoms with E-state index in [1.165, 1.54) is 36.0 Å². The van der Waals surface area contributed by atoms with Crippen molar-refractivity contribution in [3.05, 3.63) is 101 Å². The molecular formula is C33H29ClN2O10S. The maximum atomic E-state index is 14.0. The van der Waals surface area contributed by atoms with Crippen LogP contribution in [-0.4, -0.2) is 54.5 Å². The largest absolute Gasteiger partial charge is 0.490 e. The first kappa shape index (κ1) is 33.2. The zero-order chi connectivity index (χ0) is 33.8. The first-order valence-electron chi connectivity index (χ1n) is 14.3. The Hall–Kier alpha value is -5.14. The summed E-state index contributed by atoms with van der Waals surface area (Å²) >= 11 is 7.42. The number of esters is 2. The predicted molar refractivity (Wildman–Crippen MR) is 172 cm³/mol. The number of aromatic nitrogens is 1. The normalized spacial score (nSPS) is 14.3. The summed E-state index contributed by atoms with van der Waals surface area (Å²) in [5.41, 5.74) is 1.03. The number of nitrogens with zero attached hydrogens (tertiary/aromatic N) is 2. The molecule has 2 aromatic heterocycles. The highest BCUT2D eigenvalue weighted by Gasteiger charge is 2.34. The molecule has 5 rings (SSSR count). The van der Waals surface area contributed by atoms with Gasteiger partial charge in [-0.05, 0) is 68.8 Å². The van der Waals surface area contributed by atoms with Crippen molar-refractivity contribution < 1.29 is 42.9 Å². The third kappa shape index (κ3) is 6.86. The van der Waals surface area contributed by atoms with Crippen molar-refractivity contribution >= 4 is 46.9 Å². The molecular weight excluding hydrogens is 652 g/mol. The number of halogens is 1. The molecule has 244 valence electrons. The first-order valence-corrected chi connectivity index (χ1v) is 15.5. The highest BCUT2D eigenvalue weighted by atomic mass is 35.5. The van der Waals surface area contributed by atoms with Gasteiger partial charge in [-0.1, -0.05) is 29.0 Å². The highest BCUT2D eigenvalue weighted by Crippen LogP contribution is 2.36. The molecule has 0 aliphatic carbocycles. The fourth-order valence-corrected chi connectivity index (χ4v) is 6.17. The topological polar surface area (TPSA) is 156 Å². The Morgan fingerprint density at radius 2 is 1.85 bits per heavy atom. The van der Waals surface area contributed by atoms with Crippen LogP contribution < -0.4 is 24.4 Å². The quantitative estimate of drug-likeness (QED) is 0.226. The molecule has 0 amide bonds. The molecule has 4 aromatic rings. The van der Waals surface area contributed by atoms with Crippen LogP contribution in [-0.2, 0) is 19.1 Å². The van der Waals surface area contributed by atoms with Crippen molar-refractivity contribution in [1.82, 2.24) is 4.57 Å². The van der Waals surface area contributed by atoms with E-state index < -0.39 is 29.5 Å². The Morgan fingerprint density at radius 3 is 2.55 bits per heavy atom. The van der Waals surface area contributed by atoms with Crippen LogP contribution in [0.3, 0.4) is 0 Å². The summed E-state index contributed by atoms with van der Waals surface area (Å²) in [7, 11) is 1.25. The summed E-state index contributed by atoms with van der Waals surface area (Å²) in [6.07, 6.45) is 1.54. The summed E-state index contributed by atoms with van der Waals surface area (Å²) in [4.78, 5) is 55.4. The van der Waals surface area contributed by atoms with Crippen molar-refractivity contribution in [1.29, 1.82) is 0 Å². The predicted octanol–water partition coefficient (Wildman–Crippen LogP) is 4.36. The Labute approximate surface area is 276 Å². The van der Waals surface area contributed by atoms with Crippen molar-refractivity contribution in [2.24, 2.45) is 4.99 Å². The fraction of sp³-hybridized carbons (Fsp3) is 0.242. The zero-order valence-corrected chi connectivity index (χ0v) is 27.3. The van der Waals surface area contributed by atoms with Crippen molar-refractivity contribution in [3.63, 3.8) is 0 Å². The second-order valence-electron chi connectivity index (χ2n) is 10.0. The van der Waals surface area contributed by atoms with Gasteiger partial charge in [0, 0.05) is 11.6 Å². The first-order chi connectivity index (χ1) is 22.6. The molecule has 3 heterocycles. The van der Waals surface area contributed by atoms with Gasteiger partial charge in [0.05, 0.1) is 52.8 Å². The van der Waals surface area contributed by atoms with Crippen molar-refractivity contribution in [2.45, 2.75) is 26.8 Å². The summed E-state index contributed by atoms with van der Waals surface area (Å²) in [6.45, 7) is 5.17. The molecule has 0 fully saturated rings. The molecule has 0 unspecified atom stereocenters. The Bertz CT molecular complexity index is 2090. The number of allylic oxidation sites excluding steroid dienone is 1. The molecule has 0 saturated carbocycles. The summed E-state index contributed by atoms with van der Waals surface area (Å²) in [5, 5.41) is 9.68. The van der Waals surface area contributed by atoms with Crippen molar-refractivity contribution in [2.75, 3.05) is 26.9 Å². The molecule has 2 aromatic carbocycles. The van der Waals surface area contributed by atoms with Crippen molar-refractivity contribution in [3.8, 4) is 22.8 Å². The fourth-order valence-electron chi connectivity index (χ4n) is 4.94. The van der Waals surface area contributed by atoms with Crippen LogP contribution in [0.5, 0.6) is 11.5 Å². The number of hydrogen-bond donors (Lipinski definition) is 1. The molecule has 0 spiro atoms. The number of fused-ring (bicyclic) bond motifs is 1. The maximum Gasteiger partial charge on any atom is 0.343 e. The number of rotatable bonds is 11. The van der Waals surface area contributed by atoms with Crippen LogP contribution in [0.1, 0.15) is 48.5 Å². The van der Waals surface area contributed by atoms with Gasteiger partial charge in [0.2, 0.25) is 0 Å². The molecule has 0 radical (unpaired) electrons. The number of aromatic carboxylic acids is 1. The van der Waals surface area contributed by atoms with Crippen LogP contribution in [0, 0.1) is 0 Å². The maximum absolute atomic E-state index is 14.0. The Kier molecular flexibility index (Phi) is 9.97. The minimum Gasteiger partial charge on any atom is -0.490 e. The summed E-state index contributed by atoms with van der Waals surface area (Å²) in [5.74, 6) is -1.13. The summed E-state index contributed by atoms with van der Waals surface area (Å²) in [6, 6.07) is 11.5. The molecule has 1 N–H and O–H groups in total. The molecule has 1 aliphatic rings. The number of carboxylic acid groups (broad SMARTS) is 1. The molecule has 1 atom stereocenters. The lowest BCUT2D eigenvalue weighted by atomic mass is 9.95. The monoisotopic (exact) mass is 680 g/mol. The standard InChI is InChI=1S/C33H29ClN2O10S/c1-5-43-25-14-18(8-11-24(25)45-16-27(37)42-4)29-28(32(41)44-6-2)17(3)35-33-36(29)30(38)26(47-33)15-20-9-12-23(46-20)21-13-19(31(39)40)7-10-22(21)34/h7-15,29H,5-6,16H2,1-4H3,(H,39,40)/b26-15-/t29-/m1/s1. The number of thiazole rings is 1. The Morgan fingerprint density at radius 1 is 1.06 bits per heavy atom. The molecule has 14 heteroatoms. The van der Waals surface area contributed by atoms with Gasteiger partial charge in [-0.2, -0.15) is 0 Å². The number of carboxylic acids is 1. The Balaban J connectivity index is 1.62. The molecule has 12 nitrogen and oxygen atoms in total. The van der Waals surface area contributed by atoms with E-state index in [0.717, 1.165) is 11.3 Å². The number of methoxy groups -OCH3 is 1. The van der Waals surface area contributed by atoms with Gasteiger partial charge in [-0.3, -0.25) is 9.36 Å². The summed E-state index contributed by atoms with van der Waals surface area (Å²) < 4.78 is 29.1. The highest BCUT2D eigenvalue weighted by molar-refractivity contribution is 7.07. The minimum atomic E-state index is -1.11. The second kappa shape index (κ2) is 14.1. The third-order valence-corrected chi connectivity index (χ3v) is 8.37. The van der Waals surface area contributed by atoms with Crippen LogP contribution >= 0.6 is 22.9 Å². The number of ether oxygens (including phenoxy) is 4. The van der Waals surface area contributed by atoms with E-state index in [1.54, 1.807) is 51.1 Å². The minimum absolute atomic E-state index is 0.0407. The lowest BCUT2D eigenvalue weighted by Crippen LogP contribution is -2.40. The smallest absolute Gasteiger partial charge is 0.343 e.